The van der Waals surface area contributed by atoms with Gasteiger partial charge >= 0.3 is 10.1 Å². The summed E-state index contributed by atoms with van der Waals surface area (Å²) < 4.78 is 32.5. The van der Waals surface area contributed by atoms with E-state index in [4.69, 9.17) is 39.0 Å². The van der Waals surface area contributed by atoms with Crippen molar-refractivity contribution < 1.29 is 17.4 Å². The van der Waals surface area contributed by atoms with Crippen LogP contribution in [0.15, 0.2) is 58.8 Å². The quantitative estimate of drug-likeness (QED) is 0.228. The standard InChI is InChI=1S/C26H23Cl3N4O4S2/c1-16-24(26(34)31-32-13-3-2-4-14-32)30-33(21-10-7-18(27)15-20(21)28)25(16)17-5-8-19(9-6-17)37-39(35,36)23-12-11-22(29)38-23/h5-12,15H,2-4,13-14H2,1H3,(H,31,34). The molecule has 0 unspecified atom stereocenters. The van der Waals surface area contributed by atoms with Crippen LogP contribution in [-0.4, -0.2) is 42.2 Å². The zero-order chi connectivity index (χ0) is 27.7. The number of nitrogens with zero attached hydrogens (tertiary/aromatic N) is 3. The van der Waals surface area contributed by atoms with Gasteiger partial charge in [-0.05, 0) is 74.4 Å². The predicted molar refractivity (Wildman–Crippen MR) is 154 cm³/mol. The van der Waals surface area contributed by atoms with Crippen LogP contribution in [0, 0.1) is 6.92 Å². The Labute approximate surface area is 245 Å². The largest absolute Gasteiger partial charge is 0.378 e. The Morgan fingerprint density at radius 1 is 1.00 bits per heavy atom. The molecule has 0 spiro atoms. The number of rotatable bonds is 7. The van der Waals surface area contributed by atoms with E-state index in [9.17, 15) is 13.2 Å². The van der Waals surface area contributed by atoms with E-state index in [1.807, 2.05) is 11.9 Å². The second-order valence-corrected chi connectivity index (χ2v) is 13.3. The molecule has 0 radical (unpaired) electrons. The number of amides is 1. The van der Waals surface area contributed by atoms with Crippen molar-refractivity contribution in [2.45, 2.75) is 30.4 Å². The average molecular weight is 626 g/mol. The Hall–Kier alpha value is -2.60. The zero-order valence-corrected chi connectivity index (χ0v) is 24.6. The minimum Gasteiger partial charge on any atom is -0.378 e. The van der Waals surface area contributed by atoms with Gasteiger partial charge in [0.1, 0.15) is 5.75 Å². The maximum Gasteiger partial charge on any atom is 0.348 e. The highest BCUT2D eigenvalue weighted by Gasteiger charge is 2.25. The lowest BCUT2D eigenvalue weighted by Crippen LogP contribution is -2.45. The first-order valence-corrected chi connectivity index (χ1v) is 15.4. The summed E-state index contributed by atoms with van der Waals surface area (Å²) in [7, 11) is -4.03. The Kier molecular flexibility index (Phi) is 8.23. The third-order valence-electron chi connectivity index (χ3n) is 6.22. The number of nitrogens with one attached hydrogen (secondary N) is 1. The molecular weight excluding hydrogens is 603 g/mol. The summed E-state index contributed by atoms with van der Waals surface area (Å²) in [5.74, 6) is -0.195. The molecule has 5 rings (SSSR count). The van der Waals surface area contributed by atoms with Gasteiger partial charge < -0.3 is 4.18 Å². The lowest BCUT2D eigenvalue weighted by Gasteiger charge is -2.26. The van der Waals surface area contributed by atoms with Gasteiger partial charge in [-0.1, -0.05) is 41.2 Å². The molecule has 1 fully saturated rings. The molecule has 2 aromatic heterocycles. The highest BCUT2D eigenvalue weighted by atomic mass is 35.5. The van der Waals surface area contributed by atoms with E-state index in [0.717, 1.165) is 43.7 Å². The maximum absolute atomic E-state index is 13.3. The number of hydrogen-bond donors (Lipinski definition) is 1. The summed E-state index contributed by atoms with van der Waals surface area (Å²) in [6.45, 7) is 3.37. The molecule has 13 heteroatoms. The second kappa shape index (κ2) is 11.5. The highest BCUT2D eigenvalue weighted by Crippen LogP contribution is 2.34. The van der Waals surface area contributed by atoms with E-state index < -0.39 is 10.1 Å². The van der Waals surface area contributed by atoms with Crippen LogP contribution >= 0.6 is 46.1 Å². The highest BCUT2D eigenvalue weighted by molar-refractivity contribution is 7.89. The molecular formula is C26H23Cl3N4O4S2. The van der Waals surface area contributed by atoms with Crippen molar-refractivity contribution in [2.24, 2.45) is 0 Å². The first-order valence-electron chi connectivity index (χ1n) is 12.0. The van der Waals surface area contributed by atoms with Crippen LogP contribution in [0.4, 0.5) is 0 Å². The van der Waals surface area contributed by atoms with Crippen molar-refractivity contribution in [3.05, 3.63) is 80.2 Å². The maximum atomic E-state index is 13.3. The van der Waals surface area contributed by atoms with Gasteiger partial charge in [0.2, 0.25) is 0 Å². The number of carbonyl (C=O) groups excluding carboxylic acids is 1. The first kappa shape index (κ1) is 27.9. The van der Waals surface area contributed by atoms with Gasteiger partial charge in [-0.2, -0.15) is 13.5 Å². The van der Waals surface area contributed by atoms with Crippen molar-refractivity contribution in [1.29, 1.82) is 0 Å². The summed E-state index contributed by atoms with van der Waals surface area (Å²) in [6, 6.07) is 14.4. The van der Waals surface area contributed by atoms with Crippen LogP contribution in [0.1, 0.15) is 35.3 Å². The predicted octanol–water partition coefficient (Wildman–Crippen LogP) is 6.77. The first-order chi connectivity index (χ1) is 18.6. The summed E-state index contributed by atoms with van der Waals surface area (Å²) in [4.78, 5) is 13.3. The fourth-order valence-corrected chi connectivity index (χ4v) is 7.21. The van der Waals surface area contributed by atoms with E-state index in [1.165, 1.54) is 24.3 Å². The normalized spacial score (nSPS) is 14.4. The van der Waals surface area contributed by atoms with Crippen molar-refractivity contribution in [3.8, 4) is 22.7 Å². The summed E-state index contributed by atoms with van der Waals surface area (Å²) in [5.41, 5.74) is 5.67. The van der Waals surface area contributed by atoms with Gasteiger partial charge in [0, 0.05) is 29.2 Å². The smallest absolute Gasteiger partial charge is 0.348 e. The fourth-order valence-electron chi connectivity index (χ4n) is 4.35. The average Bonchev–Trinajstić information content (AvgIpc) is 3.49. The molecule has 2 aromatic carbocycles. The van der Waals surface area contributed by atoms with Crippen molar-refractivity contribution in [2.75, 3.05) is 13.1 Å². The molecule has 1 aliphatic rings. The molecule has 3 heterocycles. The molecule has 1 saturated heterocycles. The number of carbonyl (C=O) groups is 1. The Balaban J connectivity index is 1.51. The van der Waals surface area contributed by atoms with Crippen molar-refractivity contribution >= 4 is 62.2 Å². The molecule has 0 atom stereocenters. The number of halogens is 3. The molecule has 0 bridgehead atoms. The van der Waals surface area contributed by atoms with E-state index >= 15 is 0 Å². The lowest BCUT2D eigenvalue weighted by atomic mass is 10.1. The fraction of sp³-hybridized carbons (Fsp3) is 0.231. The number of benzene rings is 2. The van der Waals surface area contributed by atoms with Crippen LogP contribution in [0.25, 0.3) is 16.9 Å². The molecule has 0 saturated carbocycles. The van der Waals surface area contributed by atoms with E-state index in [2.05, 4.69) is 10.5 Å². The molecule has 39 heavy (non-hydrogen) atoms. The van der Waals surface area contributed by atoms with Gasteiger partial charge in [-0.25, -0.2) is 9.69 Å². The van der Waals surface area contributed by atoms with Crippen LogP contribution in [-0.2, 0) is 10.1 Å². The molecule has 8 nitrogen and oxygen atoms in total. The molecule has 1 amide bonds. The number of aromatic nitrogens is 2. The third-order valence-corrected chi connectivity index (χ3v) is 9.69. The van der Waals surface area contributed by atoms with Gasteiger partial charge in [0.05, 0.1) is 20.7 Å². The van der Waals surface area contributed by atoms with Crippen LogP contribution in [0.3, 0.4) is 0 Å². The molecule has 0 aliphatic carbocycles. The number of hydrogen-bond acceptors (Lipinski definition) is 7. The number of thiophene rings is 1. The molecule has 1 N–H and O–H groups in total. The van der Waals surface area contributed by atoms with Crippen molar-refractivity contribution in [1.82, 2.24) is 20.2 Å². The summed E-state index contributed by atoms with van der Waals surface area (Å²) in [6.07, 6.45) is 3.17. The lowest BCUT2D eigenvalue weighted by molar-refractivity contribution is 0.0743. The van der Waals surface area contributed by atoms with Gasteiger partial charge in [-0.15, -0.1) is 11.3 Å². The Morgan fingerprint density at radius 2 is 1.72 bits per heavy atom. The minimum atomic E-state index is -4.03. The minimum absolute atomic E-state index is 0.00670. The van der Waals surface area contributed by atoms with Crippen LogP contribution in [0.2, 0.25) is 14.4 Å². The molecule has 1 aliphatic heterocycles. The van der Waals surface area contributed by atoms with Crippen molar-refractivity contribution in [3.63, 3.8) is 0 Å². The summed E-state index contributed by atoms with van der Waals surface area (Å²) >= 11 is 19.4. The zero-order valence-electron chi connectivity index (χ0n) is 20.7. The number of piperidine rings is 1. The van der Waals surface area contributed by atoms with E-state index in [0.29, 0.717) is 36.9 Å². The molecule has 4 aromatic rings. The third kappa shape index (κ3) is 6.11. The summed E-state index contributed by atoms with van der Waals surface area (Å²) in [5, 5.41) is 7.38. The van der Waals surface area contributed by atoms with E-state index in [-0.39, 0.29) is 21.6 Å². The van der Waals surface area contributed by atoms with Gasteiger partial charge in [-0.3, -0.25) is 10.2 Å². The van der Waals surface area contributed by atoms with Crippen LogP contribution < -0.4 is 9.61 Å². The monoisotopic (exact) mass is 624 g/mol. The Morgan fingerprint density at radius 3 is 2.36 bits per heavy atom. The molecule has 204 valence electrons. The van der Waals surface area contributed by atoms with Gasteiger partial charge in [0.25, 0.3) is 5.91 Å². The van der Waals surface area contributed by atoms with Gasteiger partial charge in [0.15, 0.2) is 9.90 Å². The number of hydrazine groups is 1. The Bertz CT molecular complexity index is 1630. The SMILES string of the molecule is Cc1c(C(=O)NN2CCCCC2)nn(-c2ccc(Cl)cc2Cl)c1-c1ccc(OS(=O)(=O)c2ccc(Cl)s2)cc1. The topological polar surface area (TPSA) is 93.5 Å². The van der Waals surface area contributed by atoms with E-state index in [1.54, 1.807) is 35.0 Å². The second-order valence-electron chi connectivity index (χ2n) is 8.94. The van der Waals surface area contributed by atoms with Crippen LogP contribution in [0.5, 0.6) is 5.75 Å².